The molecule has 0 unspecified atom stereocenters. The van der Waals surface area contributed by atoms with E-state index in [1.165, 1.54) is 26.4 Å². The van der Waals surface area contributed by atoms with E-state index in [0.29, 0.717) is 11.5 Å². The molecule has 0 aromatic heterocycles. The Morgan fingerprint density at radius 3 is 2.36 bits per heavy atom. The van der Waals surface area contributed by atoms with Crippen molar-refractivity contribution in [2.75, 3.05) is 19.5 Å². The highest BCUT2D eigenvalue weighted by molar-refractivity contribution is 6.34. The van der Waals surface area contributed by atoms with Crippen molar-refractivity contribution in [3.8, 4) is 11.5 Å². The average molecular weight is 328 g/mol. The first-order valence-corrected chi connectivity index (χ1v) is 6.52. The van der Waals surface area contributed by atoms with Gasteiger partial charge in [-0.1, -0.05) is 11.6 Å². The van der Waals surface area contributed by atoms with Crippen LogP contribution in [0.25, 0.3) is 0 Å². The summed E-state index contributed by atoms with van der Waals surface area (Å²) in [6, 6.07) is 5.48. The number of halogens is 3. The number of benzene rings is 2. The second kappa shape index (κ2) is 6.62. The van der Waals surface area contributed by atoms with Crippen LogP contribution in [-0.4, -0.2) is 20.1 Å². The van der Waals surface area contributed by atoms with Gasteiger partial charge < -0.3 is 14.8 Å². The third-order valence-corrected chi connectivity index (χ3v) is 3.21. The molecule has 0 aliphatic rings. The van der Waals surface area contributed by atoms with Gasteiger partial charge >= 0.3 is 0 Å². The second-order valence-corrected chi connectivity index (χ2v) is 4.67. The molecule has 0 heterocycles. The standard InChI is InChI=1S/C15H12ClF2NO3/c1-21-13-6-10(16)12(7-14(13)22-2)19-15(20)9-5-8(17)3-4-11(9)18/h3-7H,1-2H3,(H,19,20). The van der Waals surface area contributed by atoms with Gasteiger partial charge in [-0.2, -0.15) is 0 Å². The highest BCUT2D eigenvalue weighted by Crippen LogP contribution is 2.36. The number of hydrogen-bond acceptors (Lipinski definition) is 3. The summed E-state index contributed by atoms with van der Waals surface area (Å²) in [5.74, 6) is -1.67. The van der Waals surface area contributed by atoms with Crippen LogP contribution in [0.2, 0.25) is 5.02 Å². The average Bonchev–Trinajstić information content (AvgIpc) is 2.51. The van der Waals surface area contributed by atoms with E-state index in [1.54, 1.807) is 0 Å². The van der Waals surface area contributed by atoms with Crippen molar-refractivity contribution in [3.63, 3.8) is 0 Å². The van der Waals surface area contributed by atoms with Gasteiger partial charge in [0.1, 0.15) is 11.6 Å². The van der Waals surface area contributed by atoms with Crippen LogP contribution < -0.4 is 14.8 Å². The van der Waals surface area contributed by atoms with E-state index in [4.69, 9.17) is 21.1 Å². The Labute approximate surface area is 130 Å². The topological polar surface area (TPSA) is 47.6 Å². The minimum absolute atomic E-state index is 0.169. The normalized spacial score (nSPS) is 10.2. The van der Waals surface area contributed by atoms with Crippen LogP contribution in [-0.2, 0) is 0 Å². The Morgan fingerprint density at radius 1 is 1.09 bits per heavy atom. The number of nitrogens with one attached hydrogen (secondary N) is 1. The fraction of sp³-hybridized carbons (Fsp3) is 0.133. The van der Waals surface area contributed by atoms with E-state index < -0.39 is 23.1 Å². The van der Waals surface area contributed by atoms with Crippen LogP contribution in [0.4, 0.5) is 14.5 Å². The molecule has 7 heteroatoms. The van der Waals surface area contributed by atoms with Crippen molar-refractivity contribution < 1.29 is 23.0 Å². The quantitative estimate of drug-likeness (QED) is 0.926. The van der Waals surface area contributed by atoms with E-state index in [-0.39, 0.29) is 10.7 Å². The highest BCUT2D eigenvalue weighted by atomic mass is 35.5. The van der Waals surface area contributed by atoms with Crippen LogP contribution in [0.5, 0.6) is 11.5 Å². The van der Waals surface area contributed by atoms with Crippen molar-refractivity contribution >= 4 is 23.2 Å². The molecule has 4 nitrogen and oxygen atoms in total. The number of rotatable bonds is 4. The van der Waals surface area contributed by atoms with Crippen LogP contribution in [0.15, 0.2) is 30.3 Å². The molecule has 2 rings (SSSR count). The summed E-state index contributed by atoms with van der Waals surface area (Å²) in [5.41, 5.74) is -0.237. The molecular weight excluding hydrogens is 316 g/mol. The maximum atomic E-state index is 13.6. The molecule has 0 aliphatic heterocycles. The zero-order valence-electron chi connectivity index (χ0n) is 11.7. The van der Waals surface area contributed by atoms with E-state index in [0.717, 1.165) is 18.2 Å². The predicted molar refractivity (Wildman–Crippen MR) is 78.9 cm³/mol. The van der Waals surface area contributed by atoms with Gasteiger partial charge in [0.05, 0.1) is 30.5 Å². The first-order valence-electron chi connectivity index (χ1n) is 6.14. The summed E-state index contributed by atoms with van der Waals surface area (Å²) in [5, 5.41) is 2.58. The van der Waals surface area contributed by atoms with Gasteiger partial charge in [-0.15, -0.1) is 0 Å². The van der Waals surface area contributed by atoms with Gasteiger partial charge in [0.2, 0.25) is 0 Å². The van der Waals surface area contributed by atoms with E-state index in [1.807, 2.05) is 0 Å². The largest absolute Gasteiger partial charge is 0.493 e. The minimum Gasteiger partial charge on any atom is -0.493 e. The fourth-order valence-electron chi connectivity index (χ4n) is 1.81. The van der Waals surface area contributed by atoms with Crippen LogP contribution in [0, 0.1) is 11.6 Å². The molecule has 0 saturated heterocycles. The monoisotopic (exact) mass is 327 g/mol. The lowest BCUT2D eigenvalue weighted by molar-refractivity contribution is 0.102. The lowest BCUT2D eigenvalue weighted by Gasteiger charge is -2.13. The molecule has 0 spiro atoms. The zero-order valence-corrected chi connectivity index (χ0v) is 12.5. The van der Waals surface area contributed by atoms with Gasteiger partial charge in [0.25, 0.3) is 5.91 Å². The summed E-state index contributed by atoms with van der Waals surface area (Å²) < 4.78 is 36.9. The van der Waals surface area contributed by atoms with Crippen molar-refractivity contribution in [2.45, 2.75) is 0 Å². The van der Waals surface area contributed by atoms with Gasteiger partial charge in [0.15, 0.2) is 11.5 Å². The fourth-order valence-corrected chi connectivity index (χ4v) is 2.01. The van der Waals surface area contributed by atoms with Gasteiger partial charge in [-0.05, 0) is 18.2 Å². The Hall–Kier alpha value is -2.34. The van der Waals surface area contributed by atoms with Crippen LogP contribution >= 0.6 is 11.6 Å². The second-order valence-electron chi connectivity index (χ2n) is 4.27. The molecule has 1 amide bonds. The molecule has 1 N–H and O–H groups in total. The number of ether oxygens (including phenoxy) is 2. The Bertz CT molecular complexity index is 722. The number of hydrogen-bond donors (Lipinski definition) is 1. The first kappa shape index (κ1) is 16.0. The summed E-state index contributed by atoms with van der Waals surface area (Å²) in [6.45, 7) is 0. The molecular formula is C15H12ClF2NO3. The maximum absolute atomic E-state index is 13.6. The molecule has 2 aromatic carbocycles. The SMILES string of the molecule is COc1cc(Cl)c(NC(=O)c2cc(F)ccc2F)cc1OC. The number of carbonyl (C=O) groups is 1. The predicted octanol–water partition coefficient (Wildman–Crippen LogP) is 3.89. The molecule has 0 atom stereocenters. The molecule has 0 bridgehead atoms. The lowest BCUT2D eigenvalue weighted by atomic mass is 10.2. The minimum atomic E-state index is -0.838. The van der Waals surface area contributed by atoms with Crippen LogP contribution in [0.3, 0.4) is 0 Å². The van der Waals surface area contributed by atoms with Crippen molar-refractivity contribution in [1.29, 1.82) is 0 Å². The molecule has 0 aliphatic carbocycles. The number of anilines is 1. The third-order valence-electron chi connectivity index (χ3n) is 2.89. The summed E-state index contributed by atoms with van der Waals surface area (Å²) in [4.78, 5) is 12.0. The van der Waals surface area contributed by atoms with Gasteiger partial charge in [-0.3, -0.25) is 4.79 Å². The van der Waals surface area contributed by atoms with Crippen molar-refractivity contribution in [1.82, 2.24) is 0 Å². The molecule has 22 heavy (non-hydrogen) atoms. The van der Waals surface area contributed by atoms with Crippen LogP contribution in [0.1, 0.15) is 10.4 Å². The molecule has 0 radical (unpaired) electrons. The van der Waals surface area contributed by atoms with Gasteiger partial charge in [-0.25, -0.2) is 8.78 Å². The summed E-state index contributed by atoms with van der Waals surface area (Å²) in [6.07, 6.45) is 0. The Kier molecular flexibility index (Phi) is 4.82. The Balaban J connectivity index is 2.34. The van der Waals surface area contributed by atoms with E-state index in [9.17, 15) is 13.6 Å². The lowest BCUT2D eigenvalue weighted by Crippen LogP contribution is -2.14. The number of carbonyl (C=O) groups excluding carboxylic acids is 1. The molecule has 2 aromatic rings. The van der Waals surface area contributed by atoms with Gasteiger partial charge in [0, 0.05) is 12.1 Å². The first-order chi connectivity index (χ1) is 10.5. The Morgan fingerprint density at radius 2 is 1.73 bits per heavy atom. The van der Waals surface area contributed by atoms with Crippen molar-refractivity contribution in [2.24, 2.45) is 0 Å². The zero-order chi connectivity index (χ0) is 16.3. The van der Waals surface area contributed by atoms with Crippen molar-refractivity contribution in [3.05, 3.63) is 52.6 Å². The summed E-state index contributed by atoms with van der Waals surface area (Å²) in [7, 11) is 2.86. The highest BCUT2D eigenvalue weighted by Gasteiger charge is 2.16. The third kappa shape index (κ3) is 3.28. The van der Waals surface area contributed by atoms with E-state index >= 15 is 0 Å². The van der Waals surface area contributed by atoms with E-state index in [2.05, 4.69) is 5.32 Å². The smallest absolute Gasteiger partial charge is 0.258 e. The molecule has 116 valence electrons. The molecule has 0 fully saturated rings. The molecule has 0 saturated carbocycles. The number of amides is 1. The maximum Gasteiger partial charge on any atom is 0.258 e. The summed E-state index contributed by atoms with van der Waals surface area (Å²) >= 11 is 6.02. The number of methoxy groups -OCH3 is 2.